The largest absolute Gasteiger partial charge is 0.451 e. The lowest BCUT2D eigenvalue weighted by atomic mass is 10.0. The van der Waals surface area contributed by atoms with Gasteiger partial charge in [0, 0.05) is 22.2 Å². The number of aromatic nitrogens is 1. The van der Waals surface area contributed by atoms with Gasteiger partial charge < -0.3 is 9.72 Å². The number of hydrogen-bond donors (Lipinski definition) is 1. The second-order valence-electron chi connectivity index (χ2n) is 6.23. The van der Waals surface area contributed by atoms with Crippen LogP contribution in [-0.4, -0.2) is 34.9 Å². The number of aryl methyl sites for hydroxylation is 1. The van der Waals surface area contributed by atoms with E-state index in [0.717, 1.165) is 10.5 Å². The van der Waals surface area contributed by atoms with Gasteiger partial charge >= 0.3 is 5.97 Å². The molecular weight excluding hydrogens is 362 g/mol. The Hall–Kier alpha value is -2.60. The summed E-state index contributed by atoms with van der Waals surface area (Å²) in [5, 5.41) is 0. The minimum atomic E-state index is -0.961. The van der Waals surface area contributed by atoms with Crippen LogP contribution in [0.1, 0.15) is 51.5 Å². The minimum Gasteiger partial charge on any atom is -0.451 e. The molecule has 1 aromatic heterocycles. The number of ketones is 2. The standard InChI is InChI=1S/C21H23NO4S/c1-12-19(14(3)23)13(2)22-20(12)21(25)15(4)26-18(24)11-8-16-6-9-17(27-5)10-7-16/h6-11,15,22H,1-5H3/b11-8+/t15-/m0/s1. The fraction of sp³-hybridized carbons (Fsp3) is 0.286. The van der Waals surface area contributed by atoms with Crippen molar-refractivity contribution in [2.75, 3.05) is 6.26 Å². The number of carbonyl (C=O) groups is 3. The van der Waals surface area contributed by atoms with E-state index in [1.807, 2.05) is 30.5 Å². The van der Waals surface area contributed by atoms with Crippen molar-refractivity contribution >= 4 is 35.4 Å². The highest BCUT2D eigenvalue weighted by atomic mass is 32.2. The summed E-state index contributed by atoms with van der Waals surface area (Å²) in [6.45, 7) is 6.42. The molecule has 0 bridgehead atoms. The van der Waals surface area contributed by atoms with Crippen LogP contribution < -0.4 is 0 Å². The number of carbonyl (C=O) groups excluding carboxylic acids is 3. The van der Waals surface area contributed by atoms with Gasteiger partial charge in [0.2, 0.25) is 5.78 Å². The highest BCUT2D eigenvalue weighted by molar-refractivity contribution is 7.98. The fourth-order valence-corrected chi connectivity index (χ4v) is 3.28. The zero-order valence-corrected chi connectivity index (χ0v) is 16.9. The molecule has 0 aliphatic carbocycles. The molecular formula is C21H23NO4S. The first-order valence-corrected chi connectivity index (χ1v) is 9.74. The molecule has 0 fully saturated rings. The Morgan fingerprint density at radius 3 is 2.30 bits per heavy atom. The van der Waals surface area contributed by atoms with E-state index in [1.54, 1.807) is 31.7 Å². The van der Waals surface area contributed by atoms with E-state index in [9.17, 15) is 14.4 Å². The molecule has 5 nitrogen and oxygen atoms in total. The SMILES string of the molecule is CSc1ccc(/C=C/C(=O)O[C@@H](C)C(=O)c2[nH]c(C)c(C(C)=O)c2C)cc1. The summed E-state index contributed by atoms with van der Waals surface area (Å²) in [5.74, 6) is -1.08. The van der Waals surface area contributed by atoms with Crippen LogP contribution in [0.2, 0.25) is 0 Å². The molecule has 1 atom stereocenters. The van der Waals surface area contributed by atoms with Gasteiger partial charge in [-0.1, -0.05) is 12.1 Å². The lowest BCUT2D eigenvalue weighted by Crippen LogP contribution is -2.24. The van der Waals surface area contributed by atoms with Gasteiger partial charge in [-0.05, 0) is 63.3 Å². The third kappa shape index (κ3) is 4.98. The van der Waals surface area contributed by atoms with E-state index in [0.29, 0.717) is 22.5 Å². The molecule has 0 radical (unpaired) electrons. The normalized spacial score (nSPS) is 12.2. The Bertz CT molecular complexity index is 894. The number of esters is 1. The van der Waals surface area contributed by atoms with E-state index >= 15 is 0 Å². The molecule has 0 aliphatic rings. The summed E-state index contributed by atoms with van der Waals surface area (Å²) in [4.78, 5) is 40.4. The molecule has 6 heteroatoms. The van der Waals surface area contributed by atoms with Gasteiger partial charge in [0.1, 0.15) is 0 Å². The number of benzene rings is 1. The Morgan fingerprint density at radius 1 is 1.15 bits per heavy atom. The number of ether oxygens (including phenoxy) is 1. The van der Waals surface area contributed by atoms with Crippen LogP contribution in [0.3, 0.4) is 0 Å². The van der Waals surface area contributed by atoms with Gasteiger partial charge in [-0.3, -0.25) is 9.59 Å². The second-order valence-corrected chi connectivity index (χ2v) is 7.11. The summed E-state index contributed by atoms with van der Waals surface area (Å²) in [6, 6.07) is 7.73. The smallest absolute Gasteiger partial charge is 0.331 e. The van der Waals surface area contributed by atoms with Crippen LogP contribution in [0.5, 0.6) is 0 Å². The van der Waals surface area contributed by atoms with Gasteiger partial charge in [-0.25, -0.2) is 4.79 Å². The molecule has 2 aromatic rings. The van der Waals surface area contributed by atoms with Gasteiger partial charge in [0.25, 0.3) is 0 Å². The summed E-state index contributed by atoms with van der Waals surface area (Å²) < 4.78 is 5.21. The monoisotopic (exact) mass is 385 g/mol. The Labute approximate surface area is 163 Å². The lowest BCUT2D eigenvalue weighted by molar-refractivity contribution is -0.140. The highest BCUT2D eigenvalue weighted by Crippen LogP contribution is 2.20. The van der Waals surface area contributed by atoms with E-state index in [4.69, 9.17) is 4.74 Å². The maximum absolute atomic E-state index is 12.6. The van der Waals surface area contributed by atoms with Crippen molar-refractivity contribution < 1.29 is 19.1 Å². The van der Waals surface area contributed by atoms with Gasteiger partial charge in [0.15, 0.2) is 11.9 Å². The number of hydrogen-bond acceptors (Lipinski definition) is 5. The van der Waals surface area contributed by atoms with Crippen molar-refractivity contribution in [1.29, 1.82) is 0 Å². The highest BCUT2D eigenvalue weighted by Gasteiger charge is 2.25. The molecule has 0 amide bonds. The zero-order valence-electron chi connectivity index (χ0n) is 16.1. The Morgan fingerprint density at radius 2 is 1.78 bits per heavy atom. The molecule has 142 valence electrons. The topological polar surface area (TPSA) is 76.2 Å². The average Bonchev–Trinajstić information content (AvgIpc) is 2.94. The molecule has 1 N–H and O–H groups in total. The molecule has 1 aromatic carbocycles. The Balaban J connectivity index is 2.05. The molecule has 1 heterocycles. The van der Waals surface area contributed by atoms with E-state index < -0.39 is 12.1 Å². The zero-order chi connectivity index (χ0) is 20.1. The molecule has 0 aliphatic heterocycles. The summed E-state index contributed by atoms with van der Waals surface area (Å²) >= 11 is 1.64. The van der Waals surface area contributed by atoms with Gasteiger partial charge in [-0.15, -0.1) is 11.8 Å². The first kappa shape index (κ1) is 20.7. The average molecular weight is 385 g/mol. The Kier molecular flexibility index (Phi) is 6.80. The molecule has 0 saturated carbocycles. The van der Waals surface area contributed by atoms with Crippen molar-refractivity contribution in [1.82, 2.24) is 4.98 Å². The quantitative estimate of drug-likeness (QED) is 0.331. The van der Waals surface area contributed by atoms with Crippen LogP contribution in [0.4, 0.5) is 0 Å². The first-order valence-electron chi connectivity index (χ1n) is 8.51. The van der Waals surface area contributed by atoms with Crippen molar-refractivity contribution in [3.8, 4) is 0 Å². The predicted molar refractivity (Wildman–Crippen MR) is 107 cm³/mol. The lowest BCUT2D eigenvalue weighted by Gasteiger charge is -2.10. The van der Waals surface area contributed by atoms with Crippen LogP contribution >= 0.6 is 11.8 Å². The maximum Gasteiger partial charge on any atom is 0.331 e. The molecule has 0 saturated heterocycles. The van der Waals surface area contributed by atoms with Crippen molar-refractivity contribution in [2.24, 2.45) is 0 Å². The van der Waals surface area contributed by atoms with Crippen LogP contribution in [0, 0.1) is 13.8 Å². The number of H-pyrrole nitrogens is 1. The van der Waals surface area contributed by atoms with E-state index in [2.05, 4.69) is 4.98 Å². The number of rotatable bonds is 7. The number of Topliss-reactive ketones (excluding diaryl/α,β-unsaturated/α-hetero) is 2. The first-order chi connectivity index (χ1) is 12.7. The minimum absolute atomic E-state index is 0.111. The summed E-state index contributed by atoms with van der Waals surface area (Å²) in [5.41, 5.74) is 2.89. The van der Waals surface area contributed by atoms with Crippen molar-refractivity contribution in [3.05, 3.63) is 58.4 Å². The van der Waals surface area contributed by atoms with E-state index in [-0.39, 0.29) is 11.6 Å². The molecule has 27 heavy (non-hydrogen) atoms. The molecule has 0 unspecified atom stereocenters. The number of thioether (sulfide) groups is 1. The molecule has 2 rings (SSSR count). The second kappa shape index (κ2) is 8.86. The van der Waals surface area contributed by atoms with Crippen LogP contribution in [-0.2, 0) is 9.53 Å². The fourth-order valence-electron chi connectivity index (χ4n) is 2.87. The predicted octanol–water partition coefficient (Wildman–Crippen LogP) is 4.38. The van der Waals surface area contributed by atoms with E-state index in [1.165, 1.54) is 19.9 Å². The third-order valence-corrected chi connectivity index (χ3v) is 4.97. The number of aromatic amines is 1. The van der Waals surface area contributed by atoms with Crippen LogP contribution in [0.25, 0.3) is 6.08 Å². The van der Waals surface area contributed by atoms with Gasteiger partial charge in [-0.2, -0.15) is 0 Å². The third-order valence-electron chi connectivity index (χ3n) is 4.23. The van der Waals surface area contributed by atoms with Crippen molar-refractivity contribution in [2.45, 2.75) is 38.7 Å². The van der Waals surface area contributed by atoms with Gasteiger partial charge in [0.05, 0.1) is 5.69 Å². The molecule has 0 spiro atoms. The summed E-state index contributed by atoms with van der Waals surface area (Å²) in [7, 11) is 0. The maximum atomic E-state index is 12.6. The van der Waals surface area contributed by atoms with Crippen molar-refractivity contribution in [3.63, 3.8) is 0 Å². The van der Waals surface area contributed by atoms with Crippen LogP contribution in [0.15, 0.2) is 35.2 Å². The summed E-state index contributed by atoms with van der Waals surface area (Å²) in [6.07, 6.45) is 3.97. The number of nitrogens with one attached hydrogen (secondary N) is 1.